The summed E-state index contributed by atoms with van der Waals surface area (Å²) in [5.41, 5.74) is 6.38. The Morgan fingerprint density at radius 2 is 1.76 bits per heavy atom. The minimum atomic E-state index is -1.04. The molecule has 3 nitrogen and oxygen atoms in total. The normalized spacial score (nSPS) is 11.7. The van der Waals surface area contributed by atoms with Gasteiger partial charge in [0, 0.05) is 11.8 Å². The van der Waals surface area contributed by atoms with Crippen molar-refractivity contribution in [2.24, 2.45) is 5.73 Å². The van der Waals surface area contributed by atoms with Crippen molar-refractivity contribution in [3.8, 4) is 0 Å². The van der Waals surface area contributed by atoms with Gasteiger partial charge in [0.2, 0.25) is 5.91 Å². The molecule has 1 atom stereocenters. The van der Waals surface area contributed by atoms with E-state index in [-0.39, 0.29) is 10.7 Å². The van der Waals surface area contributed by atoms with E-state index in [0.29, 0.717) is 5.56 Å². The van der Waals surface area contributed by atoms with E-state index < -0.39 is 23.5 Å². The van der Waals surface area contributed by atoms with E-state index in [9.17, 15) is 13.6 Å². The van der Waals surface area contributed by atoms with Crippen LogP contribution in [0.15, 0.2) is 48.5 Å². The maximum atomic E-state index is 13.1. The highest BCUT2D eigenvalue weighted by Crippen LogP contribution is 2.20. The molecular formula is C15H12F2N2OS. The number of carbonyl (C=O) groups excluding carboxylic acids is 1. The van der Waals surface area contributed by atoms with Crippen molar-refractivity contribution >= 4 is 28.8 Å². The SMILES string of the molecule is NC(=S)C(C(=O)Nc1ccc(F)c(F)c1)c1ccccc1. The zero-order valence-electron chi connectivity index (χ0n) is 10.8. The second kappa shape index (κ2) is 6.41. The number of nitrogens with two attached hydrogens (primary N) is 1. The van der Waals surface area contributed by atoms with Crippen molar-refractivity contribution in [1.82, 2.24) is 0 Å². The Hall–Kier alpha value is -2.34. The van der Waals surface area contributed by atoms with E-state index >= 15 is 0 Å². The number of rotatable bonds is 4. The molecule has 0 aliphatic rings. The minimum absolute atomic E-state index is 0.00119. The molecular weight excluding hydrogens is 294 g/mol. The largest absolute Gasteiger partial charge is 0.392 e. The fraction of sp³-hybridized carbons (Fsp3) is 0.0667. The Balaban J connectivity index is 2.24. The lowest BCUT2D eigenvalue weighted by Gasteiger charge is -2.16. The average molecular weight is 306 g/mol. The third kappa shape index (κ3) is 3.61. The Morgan fingerprint density at radius 3 is 2.33 bits per heavy atom. The smallest absolute Gasteiger partial charge is 0.238 e. The molecule has 1 unspecified atom stereocenters. The molecule has 108 valence electrons. The van der Waals surface area contributed by atoms with Gasteiger partial charge in [-0.3, -0.25) is 4.79 Å². The first-order valence-corrected chi connectivity index (χ1v) is 6.50. The molecule has 6 heteroatoms. The van der Waals surface area contributed by atoms with Crippen molar-refractivity contribution in [1.29, 1.82) is 0 Å². The predicted molar refractivity (Wildman–Crippen MR) is 81.0 cm³/mol. The number of benzene rings is 2. The number of hydrogen-bond donors (Lipinski definition) is 2. The van der Waals surface area contributed by atoms with Crippen molar-refractivity contribution in [2.75, 3.05) is 5.32 Å². The lowest BCUT2D eigenvalue weighted by Crippen LogP contribution is -2.31. The lowest BCUT2D eigenvalue weighted by atomic mass is 9.98. The van der Waals surface area contributed by atoms with Gasteiger partial charge in [0.15, 0.2) is 11.6 Å². The molecule has 21 heavy (non-hydrogen) atoms. The van der Waals surface area contributed by atoms with Gasteiger partial charge in [0.1, 0.15) is 5.92 Å². The molecule has 2 aromatic rings. The molecule has 0 saturated carbocycles. The van der Waals surface area contributed by atoms with Crippen LogP contribution in [0.2, 0.25) is 0 Å². The highest BCUT2D eigenvalue weighted by atomic mass is 32.1. The van der Waals surface area contributed by atoms with Gasteiger partial charge in [-0.25, -0.2) is 8.78 Å². The van der Waals surface area contributed by atoms with Gasteiger partial charge in [-0.15, -0.1) is 0 Å². The number of thiocarbonyl (C=S) groups is 1. The van der Waals surface area contributed by atoms with Crippen LogP contribution in [-0.4, -0.2) is 10.9 Å². The van der Waals surface area contributed by atoms with Crippen LogP contribution in [0, 0.1) is 11.6 Å². The van der Waals surface area contributed by atoms with Crippen LogP contribution in [0.4, 0.5) is 14.5 Å². The highest BCUT2D eigenvalue weighted by molar-refractivity contribution is 7.80. The van der Waals surface area contributed by atoms with E-state index in [1.807, 2.05) is 0 Å². The summed E-state index contributed by atoms with van der Waals surface area (Å²) in [6.07, 6.45) is 0. The van der Waals surface area contributed by atoms with E-state index in [4.69, 9.17) is 18.0 Å². The third-order valence-corrected chi connectivity index (χ3v) is 3.10. The van der Waals surface area contributed by atoms with Gasteiger partial charge in [0.25, 0.3) is 0 Å². The number of anilines is 1. The summed E-state index contributed by atoms with van der Waals surface area (Å²) in [6, 6.07) is 11.8. The molecule has 2 rings (SSSR count). The van der Waals surface area contributed by atoms with Crippen molar-refractivity contribution in [3.05, 3.63) is 65.7 Å². The van der Waals surface area contributed by atoms with Crippen LogP contribution < -0.4 is 11.1 Å². The predicted octanol–water partition coefficient (Wildman–Crippen LogP) is 2.97. The molecule has 0 bridgehead atoms. The maximum Gasteiger partial charge on any atom is 0.238 e. The number of halogens is 2. The van der Waals surface area contributed by atoms with E-state index in [0.717, 1.165) is 12.1 Å². The number of carbonyl (C=O) groups is 1. The summed E-state index contributed by atoms with van der Waals surface area (Å²) < 4.78 is 26.0. The van der Waals surface area contributed by atoms with Crippen molar-refractivity contribution < 1.29 is 13.6 Å². The minimum Gasteiger partial charge on any atom is -0.392 e. The molecule has 2 aromatic carbocycles. The van der Waals surface area contributed by atoms with E-state index in [2.05, 4.69) is 5.32 Å². The first kappa shape index (κ1) is 15.1. The fourth-order valence-corrected chi connectivity index (χ4v) is 2.12. The van der Waals surface area contributed by atoms with Crippen molar-refractivity contribution in [2.45, 2.75) is 5.92 Å². The molecule has 0 fully saturated rings. The lowest BCUT2D eigenvalue weighted by molar-refractivity contribution is -0.116. The number of hydrogen-bond acceptors (Lipinski definition) is 2. The summed E-state index contributed by atoms with van der Waals surface area (Å²) in [6.45, 7) is 0. The second-order valence-corrected chi connectivity index (χ2v) is 4.84. The van der Waals surface area contributed by atoms with Crippen LogP contribution in [0.5, 0.6) is 0 Å². The topological polar surface area (TPSA) is 55.1 Å². The Kier molecular flexibility index (Phi) is 4.59. The Bertz CT molecular complexity index is 677. The summed E-state index contributed by atoms with van der Waals surface area (Å²) in [5.74, 6) is -3.37. The van der Waals surface area contributed by atoms with Gasteiger partial charge >= 0.3 is 0 Å². The summed E-state index contributed by atoms with van der Waals surface area (Å²) in [4.78, 5) is 12.3. The van der Waals surface area contributed by atoms with E-state index in [1.54, 1.807) is 30.3 Å². The van der Waals surface area contributed by atoms with Gasteiger partial charge in [-0.2, -0.15) is 0 Å². The molecule has 0 heterocycles. The van der Waals surface area contributed by atoms with Gasteiger partial charge in [-0.1, -0.05) is 42.5 Å². The highest BCUT2D eigenvalue weighted by Gasteiger charge is 2.23. The third-order valence-electron chi connectivity index (χ3n) is 2.87. The zero-order valence-corrected chi connectivity index (χ0v) is 11.7. The van der Waals surface area contributed by atoms with E-state index in [1.165, 1.54) is 6.07 Å². The molecule has 0 aliphatic carbocycles. The van der Waals surface area contributed by atoms with Gasteiger partial charge in [-0.05, 0) is 17.7 Å². The zero-order chi connectivity index (χ0) is 15.4. The molecule has 0 saturated heterocycles. The molecule has 1 amide bonds. The molecule has 0 radical (unpaired) electrons. The van der Waals surface area contributed by atoms with Gasteiger partial charge < -0.3 is 11.1 Å². The molecule has 0 aliphatic heterocycles. The quantitative estimate of drug-likeness (QED) is 0.854. The standard InChI is InChI=1S/C15H12F2N2OS/c16-11-7-6-10(8-12(11)17)19-15(20)13(14(18)21)9-4-2-1-3-5-9/h1-8,13H,(H2,18,21)(H,19,20). The van der Waals surface area contributed by atoms with Crippen LogP contribution >= 0.6 is 12.2 Å². The molecule has 0 aromatic heterocycles. The fourth-order valence-electron chi connectivity index (χ4n) is 1.88. The summed E-state index contributed by atoms with van der Waals surface area (Å²) >= 11 is 4.92. The van der Waals surface area contributed by atoms with Crippen molar-refractivity contribution in [3.63, 3.8) is 0 Å². The first-order valence-electron chi connectivity index (χ1n) is 6.09. The van der Waals surface area contributed by atoms with Crippen LogP contribution in [0.3, 0.4) is 0 Å². The van der Waals surface area contributed by atoms with Gasteiger partial charge in [0.05, 0.1) is 4.99 Å². The first-order chi connectivity index (χ1) is 9.99. The summed E-state index contributed by atoms with van der Waals surface area (Å²) in [7, 11) is 0. The second-order valence-electron chi connectivity index (χ2n) is 4.36. The summed E-state index contributed by atoms with van der Waals surface area (Å²) in [5, 5.41) is 2.48. The Labute approximate surface area is 125 Å². The van der Waals surface area contributed by atoms with Crippen LogP contribution in [-0.2, 0) is 4.79 Å². The number of nitrogens with one attached hydrogen (secondary N) is 1. The molecule has 3 N–H and O–H groups in total. The Morgan fingerprint density at radius 1 is 1.10 bits per heavy atom. The van der Waals surface area contributed by atoms with Crippen LogP contribution in [0.1, 0.15) is 11.5 Å². The number of amides is 1. The average Bonchev–Trinajstić information content (AvgIpc) is 2.44. The van der Waals surface area contributed by atoms with Crippen LogP contribution in [0.25, 0.3) is 0 Å². The monoisotopic (exact) mass is 306 g/mol. The molecule has 0 spiro atoms. The maximum absolute atomic E-state index is 13.1.